The van der Waals surface area contributed by atoms with Gasteiger partial charge in [0.05, 0.1) is 0 Å². The highest BCUT2D eigenvalue weighted by atomic mass is 32.1. The van der Waals surface area contributed by atoms with Gasteiger partial charge in [0.25, 0.3) is 5.91 Å². The number of benzene rings is 1. The van der Waals surface area contributed by atoms with Crippen LogP contribution in [-0.2, 0) is 9.59 Å². The summed E-state index contributed by atoms with van der Waals surface area (Å²) in [6.45, 7) is 4.70. The number of thiocarbonyl (C=S) groups is 1. The van der Waals surface area contributed by atoms with Crippen LogP contribution >= 0.6 is 12.2 Å². The van der Waals surface area contributed by atoms with Crippen LogP contribution in [0, 0.1) is 13.8 Å². The Kier molecular flexibility index (Phi) is 6.54. The molecule has 1 aliphatic heterocycles. The van der Waals surface area contributed by atoms with E-state index in [0.29, 0.717) is 18.1 Å². The molecular weight excluding hydrogens is 324 g/mol. The van der Waals surface area contributed by atoms with Gasteiger partial charge in [-0.15, -0.1) is 0 Å². The first-order valence-electron chi connectivity index (χ1n) is 8.16. The molecule has 1 saturated heterocycles. The van der Waals surface area contributed by atoms with Crippen LogP contribution in [0.25, 0.3) is 0 Å². The number of hydrogen-bond acceptors (Lipinski definition) is 3. The third-order valence-electron chi connectivity index (χ3n) is 3.95. The fourth-order valence-corrected chi connectivity index (χ4v) is 2.81. The predicted molar refractivity (Wildman–Crippen MR) is 98.5 cm³/mol. The van der Waals surface area contributed by atoms with Crippen molar-refractivity contribution >= 4 is 34.8 Å². The van der Waals surface area contributed by atoms with Crippen molar-refractivity contribution in [1.29, 1.82) is 0 Å². The number of carbonyl (C=O) groups excluding carboxylic acids is 2. The summed E-state index contributed by atoms with van der Waals surface area (Å²) in [4.78, 5) is 25.5. The highest BCUT2D eigenvalue weighted by Gasteiger charge is 2.19. The maximum absolute atomic E-state index is 12.0. The molecule has 0 unspecified atom stereocenters. The van der Waals surface area contributed by atoms with Crippen molar-refractivity contribution in [2.45, 2.75) is 39.5 Å². The Hall–Kier alpha value is -2.15. The van der Waals surface area contributed by atoms with E-state index < -0.39 is 0 Å². The maximum Gasteiger partial charge on any atom is 0.257 e. The molecule has 0 atom stereocenters. The zero-order valence-corrected chi connectivity index (χ0v) is 15.0. The summed E-state index contributed by atoms with van der Waals surface area (Å²) in [5.74, 6) is -0.242. The highest BCUT2D eigenvalue weighted by Crippen LogP contribution is 2.15. The van der Waals surface area contributed by atoms with E-state index in [1.165, 1.54) is 5.56 Å². The third-order valence-corrected chi connectivity index (χ3v) is 4.16. The minimum atomic E-state index is -0.282. The second kappa shape index (κ2) is 8.63. The summed E-state index contributed by atoms with van der Waals surface area (Å²) in [5, 5.41) is 3.34. The standard InChI is InChI=1S/C17H24N4O2S/c1-12-7-8-14(13(2)10-12)18-17(24)20-19-15(22)11-21-9-5-3-4-6-16(21)23/h7-8,10H,3-6,9,11H2,1-2H3,(H,19,22)(H2,18,20,24). The summed E-state index contributed by atoms with van der Waals surface area (Å²) in [6.07, 6.45) is 3.40. The lowest BCUT2D eigenvalue weighted by Crippen LogP contribution is -2.48. The number of amides is 2. The highest BCUT2D eigenvalue weighted by molar-refractivity contribution is 7.80. The number of anilines is 1. The third kappa shape index (κ3) is 5.49. The van der Waals surface area contributed by atoms with Gasteiger partial charge in [-0.2, -0.15) is 0 Å². The first-order valence-corrected chi connectivity index (χ1v) is 8.57. The van der Waals surface area contributed by atoms with Gasteiger partial charge in [0.2, 0.25) is 5.91 Å². The lowest BCUT2D eigenvalue weighted by atomic mass is 10.1. The first kappa shape index (κ1) is 18.2. The van der Waals surface area contributed by atoms with Crippen LogP contribution in [0.15, 0.2) is 18.2 Å². The van der Waals surface area contributed by atoms with Crippen LogP contribution in [0.1, 0.15) is 36.8 Å². The monoisotopic (exact) mass is 348 g/mol. The Morgan fingerprint density at radius 3 is 2.75 bits per heavy atom. The molecule has 130 valence electrons. The minimum absolute atomic E-state index is 0.0404. The maximum atomic E-state index is 12.0. The normalized spacial score (nSPS) is 14.8. The van der Waals surface area contributed by atoms with Crippen LogP contribution < -0.4 is 16.2 Å². The molecule has 1 aromatic carbocycles. The summed E-state index contributed by atoms with van der Waals surface area (Å²) >= 11 is 5.18. The zero-order valence-electron chi connectivity index (χ0n) is 14.1. The second-order valence-corrected chi connectivity index (χ2v) is 6.48. The van der Waals surface area contributed by atoms with Gasteiger partial charge in [-0.1, -0.05) is 24.1 Å². The van der Waals surface area contributed by atoms with Gasteiger partial charge >= 0.3 is 0 Å². The fraction of sp³-hybridized carbons (Fsp3) is 0.471. The molecule has 0 saturated carbocycles. The number of nitrogens with one attached hydrogen (secondary N) is 3. The van der Waals surface area contributed by atoms with E-state index >= 15 is 0 Å². The van der Waals surface area contributed by atoms with E-state index in [2.05, 4.69) is 22.2 Å². The van der Waals surface area contributed by atoms with Crippen LogP contribution in [0.2, 0.25) is 0 Å². The van der Waals surface area contributed by atoms with E-state index in [0.717, 1.165) is 30.5 Å². The van der Waals surface area contributed by atoms with Gasteiger partial charge in [0.15, 0.2) is 5.11 Å². The summed E-state index contributed by atoms with van der Waals surface area (Å²) in [7, 11) is 0. The minimum Gasteiger partial charge on any atom is -0.333 e. The molecule has 1 fully saturated rings. The molecule has 1 aromatic rings. The van der Waals surface area contributed by atoms with Gasteiger partial charge in [-0.05, 0) is 50.5 Å². The average Bonchev–Trinajstić information content (AvgIpc) is 2.73. The molecule has 1 aliphatic rings. The molecule has 2 amide bonds. The van der Waals surface area contributed by atoms with Crippen LogP contribution in [-0.4, -0.2) is 34.9 Å². The first-order chi connectivity index (χ1) is 11.5. The van der Waals surface area contributed by atoms with Crippen molar-refractivity contribution in [1.82, 2.24) is 15.8 Å². The number of rotatable bonds is 3. The molecule has 0 aromatic heterocycles. The lowest BCUT2D eigenvalue weighted by Gasteiger charge is -2.20. The zero-order chi connectivity index (χ0) is 17.5. The van der Waals surface area contributed by atoms with Crippen LogP contribution in [0.3, 0.4) is 0 Å². The number of nitrogens with zero attached hydrogens (tertiary/aromatic N) is 1. The Morgan fingerprint density at radius 1 is 1.21 bits per heavy atom. The molecule has 0 bridgehead atoms. The van der Waals surface area contributed by atoms with E-state index in [-0.39, 0.29) is 18.4 Å². The molecule has 2 rings (SSSR count). The number of carbonyl (C=O) groups is 2. The Bertz CT molecular complexity index is 633. The van der Waals surface area contributed by atoms with Crippen molar-refractivity contribution in [2.24, 2.45) is 0 Å². The van der Waals surface area contributed by atoms with Crippen molar-refractivity contribution < 1.29 is 9.59 Å². The topological polar surface area (TPSA) is 73.5 Å². The Balaban J connectivity index is 1.78. The number of likely N-dealkylation sites (tertiary alicyclic amines) is 1. The van der Waals surface area contributed by atoms with Crippen molar-refractivity contribution in [2.75, 3.05) is 18.4 Å². The van der Waals surface area contributed by atoms with Crippen molar-refractivity contribution in [3.8, 4) is 0 Å². The van der Waals surface area contributed by atoms with E-state index in [1.54, 1.807) is 4.90 Å². The smallest absolute Gasteiger partial charge is 0.257 e. The van der Waals surface area contributed by atoms with E-state index in [9.17, 15) is 9.59 Å². The van der Waals surface area contributed by atoms with Gasteiger partial charge in [-0.25, -0.2) is 0 Å². The van der Waals surface area contributed by atoms with Crippen LogP contribution in [0.5, 0.6) is 0 Å². The van der Waals surface area contributed by atoms with Crippen LogP contribution in [0.4, 0.5) is 5.69 Å². The Labute approximate surface area is 148 Å². The number of hydrazine groups is 1. The molecule has 0 radical (unpaired) electrons. The molecule has 3 N–H and O–H groups in total. The SMILES string of the molecule is Cc1ccc(NC(=S)NNC(=O)CN2CCCCCC2=O)c(C)c1. The van der Waals surface area contributed by atoms with Gasteiger partial charge in [0.1, 0.15) is 6.54 Å². The van der Waals surface area contributed by atoms with E-state index in [1.807, 2.05) is 26.0 Å². The molecular formula is C17H24N4O2S. The summed E-state index contributed by atoms with van der Waals surface area (Å²) < 4.78 is 0. The molecule has 0 aliphatic carbocycles. The molecule has 6 nitrogen and oxygen atoms in total. The van der Waals surface area contributed by atoms with Gasteiger partial charge < -0.3 is 10.2 Å². The second-order valence-electron chi connectivity index (χ2n) is 6.07. The van der Waals surface area contributed by atoms with Gasteiger partial charge in [-0.3, -0.25) is 20.4 Å². The summed E-state index contributed by atoms with van der Waals surface area (Å²) in [5.41, 5.74) is 8.34. The molecule has 24 heavy (non-hydrogen) atoms. The van der Waals surface area contributed by atoms with Gasteiger partial charge in [0, 0.05) is 18.7 Å². The Morgan fingerprint density at radius 2 is 2.00 bits per heavy atom. The van der Waals surface area contributed by atoms with E-state index in [4.69, 9.17) is 12.2 Å². The lowest BCUT2D eigenvalue weighted by molar-refractivity contribution is -0.135. The average molecular weight is 348 g/mol. The largest absolute Gasteiger partial charge is 0.333 e. The molecule has 0 spiro atoms. The number of aryl methyl sites for hydroxylation is 2. The predicted octanol–water partition coefficient (Wildman–Crippen LogP) is 2.02. The van der Waals surface area contributed by atoms with Crippen molar-refractivity contribution in [3.05, 3.63) is 29.3 Å². The molecule has 1 heterocycles. The van der Waals surface area contributed by atoms with Crippen molar-refractivity contribution in [3.63, 3.8) is 0 Å². The number of hydrogen-bond donors (Lipinski definition) is 3. The quantitative estimate of drug-likeness (QED) is 0.576. The molecule has 7 heteroatoms. The summed E-state index contributed by atoms with van der Waals surface area (Å²) in [6, 6.07) is 5.98. The fourth-order valence-electron chi connectivity index (χ4n) is 2.65.